The molecule has 0 aliphatic rings. The van der Waals surface area contributed by atoms with Crippen molar-refractivity contribution in [3.05, 3.63) is 53.9 Å². The van der Waals surface area contributed by atoms with Crippen LogP contribution in [-0.4, -0.2) is 35.4 Å². The Balaban J connectivity index is 1.66. The van der Waals surface area contributed by atoms with Crippen LogP contribution in [0, 0.1) is 6.92 Å². The summed E-state index contributed by atoms with van der Waals surface area (Å²) < 4.78 is 12.6. The molecule has 1 aromatic heterocycles. The zero-order valence-corrected chi connectivity index (χ0v) is 15.6. The van der Waals surface area contributed by atoms with Gasteiger partial charge < -0.3 is 14.0 Å². The lowest BCUT2D eigenvalue weighted by Gasteiger charge is -2.09. The summed E-state index contributed by atoms with van der Waals surface area (Å²) in [6.07, 6.45) is 1.56. The Bertz CT molecular complexity index is 979. The van der Waals surface area contributed by atoms with Gasteiger partial charge >= 0.3 is 0 Å². The summed E-state index contributed by atoms with van der Waals surface area (Å²) in [5.41, 5.74) is 5.13. The molecule has 1 heterocycles. The monoisotopic (exact) mass is 366 g/mol. The third kappa shape index (κ3) is 4.25. The number of hydrazone groups is 1. The van der Waals surface area contributed by atoms with E-state index in [2.05, 4.69) is 15.5 Å². The molecule has 0 aliphatic heterocycles. The zero-order valence-electron chi connectivity index (χ0n) is 15.6. The van der Waals surface area contributed by atoms with Crippen LogP contribution in [0.2, 0.25) is 0 Å². The summed E-state index contributed by atoms with van der Waals surface area (Å²) in [6, 6.07) is 13.2. The fourth-order valence-corrected chi connectivity index (χ4v) is 2.79. The Morgan fingerprint density at radius 3 is 2.85 bits per heavy atom. The first-order valence-electron chi connectivity index (χ1n) is 8.67. The van der Waals surface area contributed by atoms with E-state index in [1.54, 1.807) is 19.4 Å². The molecule has 2 aromatic carbocycles. The molecule has 0 aliphatic carbocycles. The number of benzene rings is 2. The van der Waals surface area contributed by atoms with Gasteiger partial charge in [-0.15, -0.1) is 0 Å². The molecule has 3 aromatic rings. The van der Waals surface area contributed by atoms with Crippen molar-refractivity contribution in [1.82, 2.24) is 15.0 Å². The fourth-order valence-electron chi connectivity index (χ4n) is 2.79. The van der Waals surface area contributed by atoms with E-state index in [1.165, 1.54) is 0 Å². The highest BCUT2D eigenvalue weighted by Crippen LogP contribution is 2.27. The Morgan fingerprint density at radius 1 is 1.26 bits per heavy atom. The summed E-state index contributed by atoms with van der Waals surface area (Å²) in [7, 11) is 1.58. The van der Waals surface area contributed by atoms with Crippen LogP contribution >= 0.6 is 0 Å². The largest absolute Gasteiger partial charge is 0.493 e. The van der Waals surface area contributed by atoms with Crippen LogP contribution in [0.15, 0.2) is 47.6 Å². The number of carbonyl (C=O) groups is 1. The molecule has 0 saturated heterocycles. The number of amides is 1. The van der Waals surface area contributed by atoms with Crippen LogP contribution in [0.4, 0.5) is 0 Å². The molecule has 27 heavy (non-hydrogen) atoms. The van der Waals surface area contributed by atoms with Gasteiger partial charge in [-0.25, -0.2) is 10.4 Å². The summed E-state index contributed by atoms with van der Waals surface area (Å²) in [5, 5.41) is 4.03. The van der Waals surface area contributed by atoms with Crippen LogP contribution in [0.3, 0.4) is 0 Å². The summed E-state index contributed by atoms with van der Waals surface area (Å²) >= 11 is 0. The molecule has 0 bridgehead atoms. The summed E-state index contributed by atoms with van der Waals surface area (Å²) in [5.74, 6) is 1.85. The third-order valence-electron chi connectivity index (χ3n) is 4.04. The van der Waals surface area contributed by atoms with Crippen molar-refractivity contribution in [2.45, 2.75) is 20.4 Å². The molecule has 0 fully saturated rings. The molecular weight excluding hydrogens is 344 g/mol. The van der Waals surface area contributed by atoms with Gasteiger partial charge in [0.2, 0.25) is 0 Å². The quantitative estimate of drug-likeness (QED) is 0.515. The zero-order chi connectivity index (χ0) is 19.2. The van der Waals surface area contributed by atoms with Crippen molar-refractivity contribution < 1.29 is 14.3 Å². The fraction of sp³-hybridized carbons (Fsp3) is 0.250. The predicted molar refractivity (Wildman–Crippen MR) is 104 cm³/mol. The lowest BCUT2D eigenvalue weighted by molar-refractivity contribution is -0.121. The van der Waals surface area contributed by atoms with Crippen LogP contribution in [-0.2, 0) is 11.3 Å². The predicted octanol–water partition coefficient (Wildman–Crippen LogP) is 2.90. The van der Waals surface area contributed by atoms with E-state index in [-0.39, 0.29) is 12.5 Å². The number of rotatable bonds is 7. The molecule has 0 spiro atoms. The third-order valence-corrected chi connectivity index (χ3v) is 4.04. The summed E-state index contributed by atoms with van der Waals surface area (Å²) in [4.78, 5) is 16.7. The Kier molecular flexibility index (Phi) is 5.71. The number of methoxy groups -OCH3 is 1. The number of imidazole rings is 1. The van der Waals surface area contributed by atoms with E-state index in [4.69, 9.17) is 9.47 Å². The van der Waals surface area contributed by atoms with Crippen LogP contribution < -0.4 is 14.9 Å². The van der Waals surface area contributed by atoms with Gasteiger partial charge in [0.05, 0.1) is 31.0 Å². The van der Waals surface area contributed by atoms with Gasteiger partial charge in [0.25, 0.3) is 5.91 Å². The maximum Gasteiger partial charge on any atom is 0.260 e. The summed E-state index contributed by atoms with van der Waals surface area (Å²) in [6.45, 7) is 4.50. The van der Waals surface area contributed by atoms with E-state index >= 15 is 0 Å². The minimum atomic E-state index is -0.226. The average Bonchev–Trinajstić information content (AvgIpc) is 2.98. The van der Waals surface area contributed by atoms with Crippen molar-refractivity contribution >= 4 is 23.2 Å². The van der Waals surface area contributed by atoms with Crippen molar-refractivity contribution in [3.8, 4) is 11.5 Å². The molecule has 0 unspecified atom stereocenters. The SMILES string of the molecule is CCOc1ccc(/C=N\NC(=O)Cn2c(C)nc3ccccc32)cc1OC. The van der Waals surface area contributed by atoms with Gasteiger partial charge in [0.1, 0.15) is 12.4 Å². The number of carbonyl (C=O) groups excluding carboxylic acids is 1. The van der Waals surface area contributed by atoms with Gasteiger partial charge in [0, 0.05) is 0 Å². The van der Waals surface area contributed by atoms with Crippen LogP contribution in [0.5, 0.6) is 11.5 Å². The number of aromatic nitrogens is 2. The Labute approximate surface area is 157 Å². The van der Waals surface area contributed by atoms with Crippen molar-refractivity contribution in [2.75, 3.05) is 13.7 Å². The van der Waals surface area contributed by atoms with E-state index in [0.717, 1.165) is 22.4 Å². The lowest BCUT2D eigenvalue weighted by Crippen LogP contribution is -2.23. The lowest BCUT2D eigenvalue weighted by atomic mass is 10.2. The average molecular weight is 366 g/mol. The molecule has 140 valence electrons. The standard InChI is InChI=1S/C20H22N4O3/c1-4-27-18-10-9-15(11-19(18)26-3)12-21-23-20(25)13-24-14(2)22-16-7-5-6-8-17(16)24/h5-12H,4,13H2,1-3H3,(H,23,25)/b21-12-. The number of hydrogen-bond donors (Lipinski definition) is 1. The van der Waals surface area contributed by atoms with E-state index in [1.807, 2.05) is 54.8 Å². The second-order valence-corrected chi connectivity index (χ2v) is 5.87. The van der Waals surface area contributed by atoms with Gasteiger partial charge in [-0.2, -0.15) is 5.10 Å². The van der Waals surface area contributed by atoms with E-state index in [9.17, 15) is 4.79 Å². The number of para-hydroxylation sites is 2. The number of aryl methyl sites for hydroxylation is 1. The van der Waals surface area contributed by atoms with Crippen LogP contribution in [0.1, 0.15) is 18.3 Å². The number of nitrogens with one attached hydrogen (secondary N) is 1. The molecule has 1 amide bonds. The van der Waals surface area contributed by atoms with Crippen LogP contribution in [0.25, 0.3) is 11.0 Å². The molecule has 7 nitrogen and oxygen atoms in total. The van der Waals surface area contributed by atoms with Gasteiger partial charge in [-0.05, 0) is 49.7 Å². The van der Waals surface area contributed by atoms with Gasteiger partial charge in [0.15, 0.2) is 11.5 Å². The van der Waals surface area contributed by atoms with Crippen molar-refractivity contribution in [3.63, 3.8) is 0 Å². The number of fused-ring (bicyclic) bond motifs is 1. The Morgan fingerprint density at radius 2 is 2.07 bits per heavy atom. The van der Waals surface area contributed by atoms with Gasteiger partial charge in [-0.3, -0.25) is 4.79 Å². The molecule has 7 heteroatoms. The number of nitrogens with zero attached hydrogens (tertiary/aromatic N) is 3. The number of hydrogen-bond acceptors (Lipinski definition) is 5. The number of ether oxygens (including phenoxy) is 2. The highest BCUT2D eigenvalue weighted by molar-refractivity contribution is 5.84. The maximum absolute atomic E-state index is 12.2. The van der Waals surface area contributed by atoms with Gasteiger partial charge in [-0.1, -0.05) is 12.1 Å². The molecule has 0 saturated carbocycles. The molecular formula is C20H22N4O3. The van der Waals surface area contributed by atoms with Crippen molar-refractivity contribution in [1.29, 1.82) is 0 Å². The first-order chi connectivity index (χ1) is 13.1. The first kappa shape index (κ1) is 18.4. The second kappa shape index (κ2) is 8.35. The highest BCUT2D eigenvalue weighted by Gasteiger charge is 2.10. The minimum Gasteiger partial charge on any atom is -0.493 e. The first-order valence-corrected chi connectivity index (χ1v) is 8.67. The molecule has 1 N–H and O–H groups in total. The maximum atomic E-state index is 12.2. The van der Waals surface area contributed by atoms with Crippen molar-refractivity contribution in [2.24, 2.45) is 5.10 Å². The van der Waals surface area contributed by atoms with E-state index in [0.29, 0.717) is 18.1 Å². The normalized spacial score (nSPS) is 11.1. The second-order valence-electron chi connectivity index (χ2n) is 5.87. The smallest absolute Gasteiger partial charge is 0.260 e. The van der Waals surface area contributed by atoms with E-state index < -0.39 is 0 Å². The minimum absolute atomic E-state index is 0.149. The molecule has 0 atom stereocenters. The Hall–Kier alpha value is -3.35. The molecule has 0 radical (unpaired) electrons. The molecule has 3 rings (SSSR count). The highest BCUT2D eigenvalue weighted by atomic mass is 16.5. The topological polar surface area (TPSA) is 77.7 Å².